The summed E-state index contributed by atoms with van der Waals surface area (Å²) in [5.74, 6) is 1.10. The van der Waals surface area contributed by atoms with E-state index in [-0.39, 0.29) is 17.9 Å². The van der Waals surface area contributed by atoms with E-state index in [1.165, 1.54) is 5.56 Å². The maximum absolute atomic E-state index is 11.9. The van der Waals surface area contributed by atoms with Crippen molar-refractivity contribution in [1.82, 2.24) is 5.43 Å². The van der Waals surface area contributed by atoms with Crippen LogP contribution in [0.2, 0.25) is 0 Å². The number of amides is 1. The summed E-state index contributed by atoms with van der Waals surface area (Å²) in [5.41, 5.74) is 5.73. The third-order valence-corrected chi connectivity index (χ3v) is 4.62. The Hall–Kier alpha value is -3.60. The lowest BCUT2D eigenvalue weighted by molar-refractivity contribution is -0.123. The molecule has 5 heteroatoms. The third-order valence-electron chi connectivity index (χ3n) is 4.62. The van der Waals surface area contributed by atoms with Gasteiger partial charge in [0.05, 0.1) is 6.21 Å². The summed E-state index contributed by atoms with van der Waals surface area (Å²) in [4.78, 5) is 11.9. The average Bonchev–Trinajstić information content (AvgIpc) is 2.77. The molecular formula is C26H28N2O3. The molecule has 3 aromatic rings. The van der Waals surface area contributed by atoms with E-state index in [0.29, 0.717) is 12.4 Å². The highest BCUT2D eigenvalue weighted by molar-refractivity contribution is 5.83. The van der Waals surface area contributed by atoms with Crippen molar-refractivity contribution in [3.63, 3.8) is 0 Å². The molecule has 160 valence electrons. The van der Waals surface area contributed by atoms with Gasteiger partial charge in [-0.1, -0.05) is 63.2 Å². The summed E-state index contributed by atoms with van der Waals surface area (Å²) in [6.45, 7) is 6.88. The number of nitrogens with one attached hydrogen (secondary N) is 1. The van der Waals surface area contributed by atoms with Gasteiger partial charge < -0.3 is 9.47 Å². The highest BCUT2D eigenvalue weighted by atomic mass is 16.5. The van der Waals surface area contributed by atoms with E-state index in [0.717, 1.165) is 16.9 Å². The number of rotatable bonds is 8. The third kappa shape index (κ3) is 7.30. The molecular weight excluding hydrogens is 388 g/mol. The van der Waals surface area contributed by atoms with Gasteiger partial charge in [-0.15, -0.1) is 0 Å². The first-order valence-electron chi connectivity index (χ1n) is 10.2. The van der Waals surface area contributed by atoms with Crippen molar-refractivity contribution in [3.05, 3.63) is 95.6 Å². The molecule has 3 rings (SSSR count). The summed E-state index contributed by atoms with van der Waals surface area (Å²) in [7, 11) is 0. The van der Waals surface area contributed by atoms with Crippen LogP contribution < -0.4 is 14.9 Å². The van der Waals surface area contributed by atoms with Crippen LogP contribution in [0.4, 0.5) is 0 Å². The van der Waals surface area contributed by atoms with Crippen molar-refractivity contribution in [2.75, 3.05) is 6.61 Å². The largest absolute Gasteiger partial charge is 0.489 e. The van der Waals surface area contributed by atoms with Gasteiger partial charge in [0.1, 0.15) is 18.1 Å². The lowest BCUT2D eigenvalue weighted by atomic mass is 9.87. The minimum absolute atomic E-state index is 0.0802. The average molecular weight is 417 g/mol. The number of hydrogen-bond donors (Lipinski definition) is 1. The molecule has 0 aliphatic heterocycles. The molecule has 31 heavy (non-hydrogen) atoms. The molecule has 0 saturated carbocycles. The molecule has 0 unspecified atom stereocenters. The molecule has 0 radical (unpaired) electrons. The number of ether oxygens (including phenoxy) is 2. The molecule has 0 saturated heterocycles. The van der Waals surface area contributed by atoms with Gasteiger partial charge in [-0.3, -0.25) is 4.79 Å². The zero-order valence-electron chi connectivity index (χ0n) is 18.2. The summed E-state index contributed by atoms with van der Waals surface area (Å²) in [6.07, 6.45) is 1.58. The molecule has 3 aromatic carbocycles. The smallest absolute Gasteiger partial charge is 0.277 e. The monoisotopic (exact) mass is 416 g/mol. The van der Waals surface area contributed by atoms with Gasteiger partial charge in [0.25, 0.3) is 5.91 Å². The second kappa shape index (κ2) is 10.4. The number of nitrogens with zero attached hydrogens (tertiary/aromatic N) is 1. The maximum Gasteiger partial charge on any atom is 0.277 e. The van der Waals surface area contributed by atoms with Crippen molar-refractivity contribution in [2.24, 2.45) is 5.10 Å². The Kier molecular flexibility index (Phi) is 7.44. The van der Waals surface area contributed by atoms with Gasteiger partial charge in [0.15, 0.2) is 6.61 Å². The Morgan fingerprint density at radius 1 is 0.871 bits per heavy atom. The SMILES string of the molecule is CC(C)(C)c1ccc(OCC(=O)NN=Cc2ccc(OCc3ccccc3)cc2)cc1. The lowest BCUT2D eigenvalue weighted by Gasteiger charge is -2.19. The molecule has 0 bridgehead atoms. The normalized spacial score (nSPS) is 11.3. The Balaban J connectivity index is 1.41. The fourth-order valence-corrected chi connectivity index (χ4v) is 2.80. The van der Waals surface area contributed by atoms with Crippen LogP contribution in [0.25, 0.3) is 0 Å². The van der Waals surface area contributed by atoms with Gasteiger partial charge in [-0.25, -0.2) is 5.43 Å². The second-order valence-electron chi connectivity index (χ2n) is 8.20. The quantitative estimate of drug-likeness (QED) is 0.411. The van der Waals surface area contributed by atoms with E-state index < -0.39 is 0 Å². The second-order valence-corrected chi connectivity index (χ2v) is 8.20. The Morgan fingerprint density at radius 2 is 1.48 bits per heavy atom. The van der Waals surface area contributed by atoms with Crippen LogP contribution in [-0.2, 0) is 16.8 Å². The highest BCUT2D eigenvalue weighted by Crippen LogP contribution is 2.24. The van der Waals surface area contributed by atoms with Crippen molar-refractivity contribution < 1.29 is 14.3 Å². The molecule has 0 atom stereocenters. The Labute approximate surface area is 183 Å². The van der Waals surface area contributed by atoms with Crippen molar-refractivity contribution in [3.8, 4) is 11.5 Å². The topological polar surface area (TPSA) is 59.9 Å². The first-order chi connectivity index (χ1) is 14.9. The van der Waals surface area contributed by atoms with Gasteiger partial charge in [-0.05, 0) is 58.5 Å². The Bertz CT molecular complexity index is 990. The predicted octanol–water partition coefficient (Wildman–Crippen LogP) is 5.09. The minimum atomic E-state index is -0.320. The van der Waals surface area contributed by atoms with Crippen LogP contribution in [-0.4, -0.2) is 18.7 Å². The van der Waals surface area contributed by atoms with Crippen LogP contribution in [0.3, 0.4) is 0 Å². The van der Waals surface area contributed by atoms with Crippen LogP contribution in [0.15, 0.2) is 84.0 Å². The maximum atomic E-state index is 11.9. The summed E-state index contributed by atoms with van der Waals surface area (Å²) in [6, 6.07) is 25.3. The van der Waals surface area contributed by atoms with E-state index in [1.54, 1.807) is 6.21 Å². The Morgan fingerprint density at radius 3 is 2.13 bits per heavy atom. The number of benzene rings is 3. The van der Waals surface area contributed by atoms with E-state index >= 15 is 0 Å². The molecule has 0 spiro atoms. The van der Waals surface area contributed by atoms with Crippen molar-refractivity contribution in [1.29, 1.82) is 0 Å². The number of hydrogen-bond acceptors (Lipinski definition) is 4. The number of hydrazone groups is 1. The first kappa shape index (κ1) is 22.1. The van der Waals surface area contributed by atoms with Crippen LogP contribution in [0, 0.1) is 0 Å². The van der Waals surface area contributed by atoms with E-state index in [9.17, 15) is 4.79 Å². The zero-order valence-corrected chi connectivity index (χ0v) is 18.2. The molecule has 5 nitrogen and oxygen atoms in total. The summed E-state index contributed by atoms with van der Waals surface area (Å²) >= 11 is 0. The van der Waals surface area contributed by atoms with Crippen LogP contribution in [0.5, 0.6) is 11.5 Å². The van der Waals surface area contributed by atoms with Crippen molar-refractivity contribution >= 4 is 12.1 Å². The molecule has 0 aliphatic rings. The number of carbonyl (C=O) groups is 1. The predicted molar refractivity (Wildman–Crippen MR) is 124 cm³/mol. The molecule has 0 heterocycles. The molecule has 0 aromatic heterocycles. The standard InChI is InChI=1S/C26H28N2O3/c1-26(2,3)22-11-15-24(16-12-22)31-19-25(29)28-27-17-20-9-13-23(14-10-20)30-18-21-7-5-4-6-8-21/h4-17H,18-19H2,1-3H3,(H,28,29). The lowest BCUT2D eigenvalue weighted by Crippen LogP contribution is -2.24. The van der Waals surface area contributed by atoms with E-state index in [2.05, 4.69) is 31.3 Å². The summed E-state index contributed by atoms with van der Waals surface area (Å²) < 4.78 is 11.3. The van der Waals surface area contributed by atoms with E-state index in [1.807, 2.05) is 78.9 Å². The molecule has 0 aliphatic carbocycles. The van der Waals surface area contributed by atoms with Crippen LogP contribution in [0.1, 0.15) is 37.5 Å². The molecule has 1 amide bonds. The summed E-state index contributed by atoms with van der Waals surface area (Å²) in [5, 5.41) is 3.98. The fourth-order valence-electron chi connectivity index (χ4n) is 2.80. The van der Waals surface area contributed by atoms with Crippen LogP contribution >= 0.6 is 0 Å². The van der Waals surface area contributed by atoms with Gasteiger partial charge >= 0.3 is 0 Å². The minimum Gasteiger partial charge on any atom is -0.489 e. The number of carbonyl (C=O) groups excluding carboxylic acids is 1. The van der Waals surface area contributed by atoms with Crippen molar-refractivity contribution in [2.45, 2.75) is 32.8 Å². The highest BCUT2D eigenvalue weighted by Gasteiger charge is 2.13. The van der Waals surface area contributed by atoms with E-state index in [4.69, 9.17) is 9.47 Å². The van der Waals surface area contributed by atoms with Gasteiger partial charge in [0.2, 0.25) is 0 Å². The molecule has 0 fully saturated rings. The fraction of sp³-hybridized carbons (Fsp3) is 0.231. The zero-order chi connectivity index (χ0) is 22.1. The first-order valence-corrected chi connectivity index (χ1v) is 10.2. The van der Waals surface area contributed by atoms with Gasteiger partial charge in [0, 0.05) is 0 Å². The molecule has 1 N–H and O–H groups in total. The van der Waals surface area contributed by atoms with Gasteiger partial charge in [-0.2, -0.15) is 5.10 Å².